The number of nitrogens with one attached hydrogen (secondary N) is 1. The summed E-state index contributed by atoms with van der Waals surface area (Å²) >= 11 is 10.7. The standard InChI is InChI=1S/C13H8BrClFN3S/c1-6-4-8-11(18-13(15)19-12(8)20-6)17-10-3-2-7(14)5-9(10)16/h2-5H,1H3,(H,17,18,19). The monoisotopic (exact) mass is 371 g/mol. The third kappa shape index (κ3) is 2.63. The molecule has 2 aromatic heterocycles. The van der Waals surface area contributed by atoms with Crippen LogP contribution < -0.4 is 5.32 Å². The molecule has 1 aromatic carbocycles. The molecule has 0 unspecified atom stereocenters. The van der Waals surface area contributed by atoms with Gasteiger partial charge < -0.3 is 5.32 Å². The number of anilines is 2. The lowest BCUT2D eigenvalue weighted by molar-refractivity contribution is 0.631. The fourth-order valence-corrected chi connectivity index (χ4v) is 3.26. The molecule has 2 heterocycles. The highest BCUT2D eigenvalue weighted by Crippen LogP contribution is 2.32. The molecule has 0 saturated heterocycles. The van der Waals surface area contributed by atoms with Gasteiger partial charge in [0.15, 0.2) is 0 Å². The lowest BCUT2D eigenvalue weighted by Gasteiger charge is -2.08. The fourth-order valence-electron chi connectivity index (χ4n) is 1.83. The Balaban J connectivity index is 2.10. The van der Waals surface area contributed by atoms with E-state index in [1.54, 1.807) is 12.1 Å². The Labute approximate surface area is 132 Å². The lowest BCUT2D eigenvalue weighted by atomic mass is 10.3. The van der Waals surface area contributed by atoms with Crippen LogP contribution in [0.4, 0.5) is 15.9 Å². The average Bonchev–Trinajstić information content (AvgIpc) is 2.73. The molecule has 102 valence electrons. The minimum atomic E-state index is -0.366. The highest BCUT2D eigenvalue weighted by molar-refractivity contribution is 9.10. The van der Waals surface area contributed by atoms with E-state index in [2.05, 4.69) is 31.2 Å². The largest absolute Gasteiger partial charge is 0.337 e. The molecule has 1 N–H and O–H groups in total. The lowest BCUT2D eigenvalue weighted by Crippen LogP contribution is -1.98. The summed E-state index contributed by atoms with van der Waals surface area (Å²) < 4.78 is 14.6. The summed E-state index contributed by atoms with van der Waals surface area (Å²) in [5.74, 6) is 0.139. The smallest absolute Gasteiger partial charge is 0.225 e. The number of hydrogen-bond acceptors (Lipinski definition) is 4. The molecule has 0 saturated carbocycles. The Hall–Kier alpha value is -1.24. The Morgan fingerprint density at radius 1 is 1.30 bits per heavy atom. The van der Waals surface area contributed by atoms with Gasteiger partial charge in [0.1, 0.15) is 16.5 Å². The zero-order valence-corrected chi connectivity index (χ0v) is 13.4. The minimum Gasteiger partial charge on any atom is -0.337 e. The molecule has 0 atom stereocenters. The van der Waals surface area contributed by atoms with E-state index in [0.717, 1.165) is 15.1 Å². The third-order valence-corrected chi connectivity index (χ3v) is 4.28. The van der Waals surface area contributed by atoms with Crippen LogP contribution >= 0.6 is 38.9 Å². The zero-order valence-electron chi connectivity index (χ0n) is 10.2. The number of nitrogens with zero attached hydrogens (tertiary/aromatic N) is 2. The van der Waals surface area contributed by atoms with Gasteiger partial charge in [0, 0.05) is 9.35 Å². The van der Waals surface area contributed by atoms with Gasteiger partial charge in [-0.2, -0.15) is 4.98 Å². The SMILES string of the molecule is Cc1cc2c(Nc3ccc(Br)cc3F)nc(Cl)nc2s1. The van der Waals surface area contributed by atoms with Crippen molar-refractivity contribution in [3.63, 3.8) is 0 Å². The van der Waals surface area contributed by atoms with Crippen LogP contribution in [0.15, 0.2) is 28.7 Å². The second-order valence-corrected chi connectivity index (χ2v) is 6.65. The Kier molecular flexibility index (Phi) is 3.62. The van der Waals surface area contributed by atoms with Crippen LogP contribution in [0.3, 0.4) is 0 Å². The van der Waals surface area contributed by atoms with Gasteiger partial charge in [-0.15, -0.1) is 11.3 Å². The Bertz CT molecular complexity index is 806. The maximum absolute atomic E-state index is 13.9. The molecular weight excluding hydrogens is 365 g/mol. The molecule has 0 fully saturated rings. The van der Waals surface area contributed by atoms with E-state index in [1.807, 2.05) is 13.0 Å². The maximum Gasteiger partial charge on any atom is 0.225 e. The van der Waals surface area contributed by atoms with Crippen LogP contribution in [0.2, 0.25) is 5.28 Å². The summed E-state index contributed by atoms with van der Waals surface area (Å²) in [6.45, 7) is 1.98. The van der Waals surface area contributed by atoms with Crippen molar-refractivity contribution in [3.8, 4) is 0 Å². The summed E-state index contributed by atoms with van der Waals surface area (Å²) in [6.07, 6.45) is 0. The van der Waals surface area contributed by atoms with Gasteiger partial charge in [-0.05, 0) is 42.8 Å². The number of fused-ring (bicyclic) bond motifs is 1. The first-order valence-corrected chi connectivity index (χ1v) is 7.67. The van der Waals surface area contributed by atoms with Crippen LogP contribution in [0.1, 0.15) is 4.88 Å². The molecule has 0 radical (unpaired) electrons. The summed E-state index contributed by atoms with van der Waals surface area (Å²) in [5, 5.41) is 3.94. The zero-order chi connectivity index (χ0) is 14.3. The number of hydrogen-bond donors (Lipinski definition) is 1. The van der Waals surface area contributed by atoms with Crippen LogP contribution in [0.5, 0.6) is 0 Å². The third-order valence-electron chi connectivity index (χ3n) is 2.67. The fraction of sp³-hybridized carbons (Fsp3) is 0.0769. The van der Waals surface area contributed by atoms with E-state index >= 15 is 0 Å². The first-order valence-electron chi connectivity index (χ1n) is 5.69. The number of rotatable bonds is 2. The van der Waals surface area contributed by atoms with E-state index in [1.165, 1.54) is 17.4 Å². The predicted octanol–water partition coefficient (Wildman–Crippen LogP) is 5.30. The molecule has 3 rings (SSSR count). The van der Waals surface area contributed by atoms with Crippen molar-refractivity contribution in [1.29, 1.82) is 0 Å². The first kappa shape index (κ1) is 13.7. The number of benzene rings is 1. The Morgan fingerprint density at radius 3 is 2.85 bits per heavy atom. The summed E-state index contributed by atoms with van der Waals surface area (Å²) in [4.78, 5) is 10.2. The second kappa shape index (κ2) is 5.27. The van der Waals surface area contributed by atoms with Crippen LogP contribution in [0, 0.1) is 12.7 Å². The van der Waals surface area contributed by atoms with E-state index in [0.29, 0.717) is 16.0 Å². The number of halogens is 3. The van der Waals surface area contributed by atoms with Gasteiger partial charge in [0.25, 0.3) is 0 Å². The minimum absolute atomic E-state index is 0.138. The van der Waals surface area contributed by atoms with E-state index in [9.17, 15) is 4.39 Å². The molecule has 3 aromatic rings. The van der Waals surface area contributed by atoms with E-state index in [4.69, 9.17) is 11.6 Å². The summed E-state index contributed by atoms with van der Waals surface area (Å²) in [6, 6.07) is 6.74. The van der Waals surface area contributed by atoms with Crippen LogP contribution in [-0.4, -0.2) is 9.97 Å². The quantitative estimate of drug-likeness (QED) is 0.620. The van der Waals surface area contributed by atoms with E-state index < -0.39 is 0 Å². The van der Waals surface area contributed by atoms with Crippen molar-refractivity contribution < 1.29 is 4.39 Å². The molecule has 3 nitrogen and oxygen atoms in total. The summed E-state index contributed by atoms with van der Waals surface area (Å²) in [7, 11) is 0. The maximum atomic E-state index is 13.9. The number of aromatic nitrogens is 2. The van der Waals surface area contributed by atoms with Crippen molar-refractivity contribution in [2.75, 3.05) is 5.32 Å². The molecule has 0 aliphatic heterocycles. The molecule has 0 aliphatic rings. The van der Waals surface area contributed by atoms with Crippen molar-refractivity contribution in [1.82, 2.24) is 9.97 Å². The predicted molar refractivity (Wildman–Crippen MR) is 84.5 cm³/mol. The van der Waals surface area contributed by atoms with Gasteiger partial charge in [0.05, 0.1) is 11.1 Å². The number of aryl methyl sites for hydroxylation is 1. The molecule has 7 heteroatoms. The highest BCUT2D eigenvalue weighted by atomic mass is 79.9. The van der Waals surface area contributed by atoms with Crippen molar-refractivity contribution in [3.05, 3.63) is 44.7 Å². The molecular formula is C13H8BrClFN3S. The molecule has 20 heavy (non-hydrogen) atoms. The van der Waals surface area contributed by atoms with Crippen LogP contribution in [0.25, 0.3) is 10.2 Å². The normalized spacial score (nSPS) is 11.0. The second-order valence-electron chi connectivity index (χ2n) is 4.17. The Morgan fingerprint density at radius 2 is 2.10 bits per heavy atom. The van der Waals surface area contributed by atoms with Crippen molar-refractivity contribution in [2.24, 2.45) is 0 Å². The van der Waals surface area contributed by atoms with Gasteiger partial charge >= 0.3 is 0 Å². The topological polar surface area (TPSA) is 37.8 Å². The van der Waals surface area contributed by atoms with E-state index in [-0.39, 0.29) is 11.1 Å². The molecule has 0 spiro atoms. The van der Waals surface area contributed by atoms with Crippen LogP contribution in [-0.2, 0) is 0 Å². The van der Waals surface area contributed by atoms with Gasteiger partial charge in [-0.1, -0.05) is 15.9 Å². The van der Waals surface area contributed by atoms with Crippen molar-refractivity contribution >= 4 is 60.6 Å². The van der Waals surface area contributed by atoms with Gasteiger partial charge in [-0.3, -0.25) is 0 Å². The highest BCUT2D eigenvalue weighted by Gasteiger charge is 2.11. The van der Waals surface area contributed by atoms with Crippen molar-refractivity contribution in [2.45, 2.75) is 6.92 Å². The molecule has 0 aliphatic carbocycles. The summed E-state index contributed by atoms with van der Waals surface area (Å²) in [5.41, 5.74) is 0.341. The first-order chi connectivity index (χ1) is 9.52. The van der Waals surface area contributed by atoms with Gasteiger partial charge in [-0.25, -0.2) is 9.37 Å². The molecule has 0 bridgehead atoms. The number of thiophene rings is 1. The average molecular weight is 373 g/mol. The van der Waals surface area contributed by atoms with Gasteiger partial charge in [0.2, 0.25) is 5.28 Å². The molecule has 0 amide bonds.